The number of ether oxygens (including phenoxy) is 4. The minimum atomic E-state index is -0.291. The van der Waals surface area contributed by atoms with Crippen LogP contribution in [-0.4, -0.2) is 26.9 Å². The van der Waals surface area contributed by atoms with E-state index in [9.17, 15) is 4.79 Å². The number of carbonyl (C=O) groups excluding carboxylic acids is 1. The molecule has 0 spiro atoms. The van der Waals surface area contributed by atoms with Crippen molar-refractivity contribution in [3.63, 3.8) is 0 Å². The summed E-state index contributed by atoms with van der Waals surface area (Å²) < 4.78 is 20.9. The van der Waals surface area contributed by atoms with E-state index in [0.29, 0.717) is 33.7 Å². The topological polar surface area (TPSA) is 66.0 Å². The number of hydrogen-bond acceptors (Lipinski definition) is 5. The zero-order chi connectivity index (χ0) is 17.8. The summed E-state index contributed by atoms with van der Waals surface area (Å²) in [5.41, 5.74) is 1.33. The first-order valence-corrected chi connectivity index (χ1v) is 7.78. The lowest BCUT2D eigenvalue weighted by molar-refractivity contribution is -0.111. The number of methoxy groups -OCH3 is 2. The fourth-order valence-electron chi connectivity index (χ4n) is 2.35. The molecule has 1 aliphatic rings. The fourth-order valence-corrected chi connectivity index (χ4v) is 2.63. The second-order valence-corrected chi connectivity index (χ2v) is 5.54. The van der Waals surface area contributed by atoms with Gasteiger partial charge in [-0.1, -0.05) is 11.6 Å². The second kappa shape index (κ2) is 7.36. The van der Waals surface area contributed by atoms with E-state index in [1.807, 2.05) is 0 Å². The highest BCUT2D eigenvalue weighted by atomic mass is 35.5. The lowest BCUT2D eigenvalue weighted by Gasteiger charge is -2.09. The Labute approximate surface area is 149 Å². The Balaban J connectivity index is 1.70. The molecule has 130 valence electrons. The van der Waals surface area contributed by atoms with Gasteiger partial charge in [-0.05, 0) is 35.9 Å². The van der Waals surface area contributed by atoms with Crippen LogP contribution in [0.25, 0.3) is 6.08 Å². The van der Waals surface area contributed by atoms with Gasteiger partial charge in [-0.3, -0.25) is 4.79 Å². The van der Waals surface area contributed by atoms with Crippen LogP contribution in [0, 0.1) is 0 Å². The number of benzene rings is 2. The van der Waals surface area contributed by atoms with E-state index in [-0.39, 0.29) is 12.7 Å². The third-order valence-electron chi connectivity index (χ3n) is 3.53. The maximum absolute atomic E-state index is 12.1. The predicted octanol–water partition coefficient (Wildman–Crippen LogP) is 3.74. The first-order valence-electron chi connectivity index (χ1n) is 7.41. The predicted molar refractivity (Wildman–Crippen MR) is 94.8 cm³/mol. The molecule has 2 aromatic rings. The Kier molecular flexibility index (Phi) is 5.00. The van der Waals surface area contributed by atoms with Gasteiger partial charge in [-0.25, -0.2) is 0 Å². The Morgan fingerprint density at radius 1 is 1.16 bits per heavy atom. The van der Waals surface area contributed by atoms with Gasteiger partial charge in [0.25, 0.3) is 0 Å². The van der Waals surface area contributed by atoms with Gasteiger partial charge in [0.05, 0.1) is 19.2 Å². The lowest BCUT2D eigenvalue weighted by Crippen LogP contribution is -2.07. The van der Waals surface area contributed by atoms with Crippen LogP contribution in [0.1, 0.15) is 5.56 Å². The first kappa shape index (κ1) is 17.0. The summed E-state index contributed by atoms with van der Waals surface area (Å²) in [6.45, 7) is 0.141. The molecule has 1 heterocycles. The highest BCUT2D eigenvalue weighted by Crippen LogP contribution is 2.40. The third kappa shape index (κ3) is 3.80. The molecule has 0 saturated heterocycles. The Morgan fingerprint density at radius 2 is 1.96 bits per heavy atom. The zero-order valence-electron chi connectivity index (χ0n) is 13.7. The summed E-state index contributed by atoms with van der Waals surface area (Å²) in [4.78, 5) is 12.1. The Hall–Kier alpha value is -2.86. The number of anilines is 1. The molecule has 0 fully saturated rings. The Morgan fingerprint density at radius 3 is 2.72 bits per heavy atom. The number of fused-ring (bicyclic) bond motifs is 1. The molecule has 1 aliphatic heterocycles. The van der Waals surface area contributed by atoms with E-state index >= 15 is 0 Å². The fraction of sp³-hybridized carbons (Fsp3) is 0.167. The van der Waals surface area contributed by atoms with Crippen molar-refractivity contribution < 1.29 is 23.7 Å². The van der Waals surface area contributed by atoms with Crippen molar-refractivity contribution in [1.29, 1.82) is 0 Å². The van der Waals surface area contributed by atoms with Crippen molar-refractivity contribution in [1.82, 2.24) is 0 Å². The van der Waals surface area contributed by atoms with Crippen LogP contribution in [0.5, 0.6) is 23.0 Å². The van der Waals surface area contributed by atoms with Gasteiger partial charge in [-0.2, -0.15) is 0 Å². The molecule has 1 N–H and O–H groups in total. The largest absolute Gasteiger partial charge is 0.493 e. The quantitative estimate of drug-likeness (QED) is 0.822. The SMILES string of the molecule is COc1ccc(NC(=O)/C=C/c2cc(Cl)c3c(c2)OCO3)cc1OC. The molecule has 0 aromatic heterocycles. The van der Waals surface area contributed by atoms with Crippen molar-refractivity contribution in [2.24, 2.45) is 0 Å². The van der Waals surface area contributed by atoms with Gasteiger partial charge < -0.3 is 24.3 Å². The molecule has 0 bridgehead atoms. The van der Waals surface area contributed by atoms with Crippen molar-refractivity contribution in [3.05, 3.63) is 47.0 Å². The number of carbonyl (C=O) groups is 1. The molecule has 0 atom stereocenters. The molecule has 0 aliphatic carbocycles. The number of nitrogens with one attached hydrogen (secondary N) is 1. The summed E-state index contributed by atoms with van der Waals surface area (Å²) in [5, 5.41) is 3.19. The van der Waals surface area contributed by atoms with Crippen LogP contribution in [0.15, 0.2) is 36.4 Å². The average molecular weight is 362 g/mol. The van der Waals surface area contributed by atoms with Crippen molar-refractivity contribution in [3.8, 4) is 23.0 Å². The van der Waals surface area contributed by atoms with Gasteiger partial charge in [0.15, 0.2) is 23.0 Å². The van der Waals surface area contributed by atoms with Gasteiger partial charge in [0.2, 0.25) is 12.7 Å². The number of halogens is 1. The van der Waals surface area contributed by atoms with Gasteiger partial charge in [0, 0.05) is 17.8 Å². The van der Waals surface area contributed by atoms with Crippen LogP contribution in [0.4, 0.5) is 5.69 Å². The normalized spacial score (nSPS) is 12.3. The molecule has 3 rings (SSSR count). The van der Waals surface area contributed by atoms with Crippen LogP contribution in [0.2, 0.25) is 5.02 Å². The molecule has 2 aromatic carbocycles. The van der Waals surface area contributed by atoms with Gasteiger partial charge >= 0.3 is 0 Å². The summed E-state index contributed by atoms with van der Waals surface area (Å²) in [6, 6.07) is 8.59. The van der Waals surface area contributed by atoms with Crippen molar-refractivity contribution in [2.45, 2.75) is 0 Å². The number of rotatable bonds is 5. The van der Waals surface area contributed by atoms with Crippen molar-refractivity contribution >= 4 is 29.3 Å². The summed E-state index contributed by atoms with van der Waals surface area (Å²) in [7, 11) is 3.09. The first-order chi connectivity index (χ1) is 12.1. The third-order valence-corrected chi connectivity index (χ3v) is 3.81. The average Bonchev–Trinajstić information content (AvgIpc) is 3.09. The molecular formula is C18H16ClNO5. The molecule has 0 unspecified atom stereocenters. The molecule has 25 heavy (non-hydrogen) atoms. The smallest absolute Gasteiger partial charge is 0.248 e. The standard InChI is InChI=1S/C18H16ClNO5/c1-22-14-5-4-12(9-15(14)23-2)20-17(21)6-3-11-7-13(19)18-16(8-11)24-10-25-18/h3-9H,10H2,1-2H3,(H,20,21)/b6-3+. The van der Waals surface area contributed by atoms with Crippen LogP contribution in [-0.2, 0) is 4.79 Å². The minimum Gasteiger partial charge on any atom is -0.493 e. The molecule has 0 saturated carbocycles. The Bertz CT molecular complexity index is 834. The van der Waals surface area contributed by atoms with Gasteiger partial charge in [0.1, 0.15) is 0 Å². The second-order valence-electron chi connectivity index (χ2n) is 5.13. The van der Waals surface area contributed by atoms with E-state index in [1.54, 1.807) is 43.5 Å². The van der Waals surface area contributed by atoms with Crippen molar-refractivity contribution in [2.75, 3.05) is 26.3 Å². The minimum absolute atomic E-state index is 0.141. The van der Waals surface area contributed by atoms with E-state index in [4.69, 9.17) is 30.5 Å². The summed E-state index contributed by atoms with van der Waals surface area (Å²) in [5.74, 6) is 1.92. The highest BCUT2D eigenvalue weighted by molar-refractivity contribution is 6.32. The van der Waals surface area contributed by atoms with Crippen LogP contribution in [0.3, 0.4) is 0 Å². The molecular weight excluding hydrogens is 346 g/mol. The zero-order valence-corrected chi connectivity index (χ0v) is 14.4. The van der Waals surface area contributed by atoms with E-state index in [1.165, 1.54) is 13.2 Å². The molecule has 6 nitrogen and oxygen atoms in total. The maximum Gasteiger partial charge on any atom is 0.248 e. The van der Waals surface area contributed by atoms with E-state index in [0.717, 1.165) is 5.56 Å². The lowest BCUT2D eigenvalue weighted by atomic mass is 10.2. The summed E-state index contributed by atoms with van der Waals surface area (Å²) >= 11 is 6.12. The maximum atomic E-state index is 12.1. The van der Waals surface area contributed by atoms with E-state index < -0.39 is 0 Å². The van der Waals surface area contributed by atoms with Gasteiger partial charge in [-0.15, -0.1) is 0 Å². The summed E-state index contributed by atoms with van der Waals surface area (Å²) in [6.07, 6.45) is 3.05. The van der Waals surface area contributed by atoms with Crippen LogP contribution >= 0.6 is 11.6 Å². The number of hydrogen-bond donors (Lipinski definition) is 1. The molecule has 1 amide bonds. The van der Waals surface area contributed by atoms with Crippen LogP contribution < -0.4 is 24.3 Å². The monoisotopic (exact) mass is 361 g/mol. The highest BCUT2D eigenvalue weighted by Gasteiger charge is 2.17. The molecule has 0 radical (unpaired) electrons. The number of amides is 1. The molecule has 7 heteroatoms. The van der Waals surface area contributed by atoms with E-state index in [2.05, 4.69) is 5.32 Å².